The molecule has 0 radical (unpaired) electrons. The van der Waals surface area contributed by atoms with Crippen molar-refractivity contribution in [2.75, 3.05) is 13.7 Å². The average molecular weight is 413 g/mol. The third-order valence-corrected chi connectivity index (χ3v) is 5.30. The van der Waals surface area contributed by atoms with Gasteiger partial charge in [0, 0.05) is 10.6 Å². The summed E-state index contributed by atoms with van der Waals surface area (Å²) in [5.74, 6) is -1.68. The van der Waals surface area contributed by atoms with E-state index in [-0.39, 0.29) is 5.56 Å². The minimum absolute atomic E-state index is 0.0947. The molecule has 1 saturated heterocycles. The van der Waals surface area contributed by atoms with E-state index in [0.29, 0.717) is 22.8 Å². The van der Waals surface area contributed by atoms with E-state index in [1.165, 1.54) is 18.2 Å². The van der Waals surface area contributed by atoms with Crippen molar-refractivity contribution < 1.29 is 34.3 Å². The molecule has 3 rings (SSSR count). The number of aliphatic hydroxyl groups is 4. The van der Waals surface area contributed by atoms with Gasteiger partial charge in [-0.05, 0) is 41.8 Å². The fraction of sp³-hybridized carbons (Fsp3) is 0.400. The first-order valence-corrected chi connectivity index (χ1v) is 9.11. The van der Waals surface area contributed by atoms with Crippen LogP contribution in [0.2, 0.25) is 5.02 Å². The Morgan fingerprint density at radius 2 is 1.86 bits per heavy atom. The van der Waals surface area contributed by atoms with E-state index in [4.69, 9.17) is 21.1 Å². The molecule has 0 bridgehead atoms. The zero-order valence-electron chi connectivity index (χ0n) is 15.1. The largest absolute Gasteiger partial charge is 0.497 e. The maximum absolute atomic E-state index is 14.0. The van der Waals surface area contributed by atoms with Crippen LogP contribution >= 0.6 is 11.6 Å². The number of hydrogen-bond donors (Lipinski definition) is 4. The number of ether oxygens (including phenoxy) is 2. The molecule has 28 heavy (non-hydrogen) atoms. The van der Waals surface area contributed by atoms with Gasteiger partial charge in [0.05, 0.1) is 13.7 Å². The molecule has 0 aromatic heterocycles. The number of methoxy groups -OCH3 is 1. The summed E-state index contributed by atoms with van der Waals surface area (Å²) in [6.07, 6.45) is -6.96. The molecule has 0 amide bonds. The normalized spacial score (nSPS) is 30.2. The summed E-state index contributed by atoms with van der Waals surface area (Å²) in [6, 6.07) is 11.8. The molecule has 1 aliphatic heterocycles. The van der Waals surface area contributed by atoms with Crippen LogP contribution in [0.25, 0.3) is 0 Å². The summed E-state index contributed by atoms with van der Waals surface area (Å²) in [5.41, 5.74) is 1.65. The molecule has 8 heteroatoms. The Balaban J connectivity index is 1.92. The second kappa shape index (κ2) is 8.32. The Hall–Kier alpha value is -1.74. The molecule has 4 N–H and O–H groups in total. The van der Waals surface area contributed by atoms with Gasteiger partial charge in [-0.25, -0.2) is 4.39 Å². The van der Waals surface area contributed by atoms with Gasteiger partial charge in [-0.2, -0.15) is 0 Å². The van der Waals surface area contributed by atoms with E-state index in [9.17, 15) is 24.8 Å². The Kier molecular flexibility index (Phi) is 6.24. The Morgan fingerprint density at radius 1 is 1.18 bits per heavy atom. The highest BCUT2D eigenvalue weighted by Gasteiger charge is 2.54. The molecular weight excluding hydrogens is 391 g/mol. The molecule has 1 aliphatic rings. The van der Waals surface area contributed by atoms with Gasteiger partial charge in [-0.15, -0.1) is 0 Å². The van der Waals surface area contributed by atoms with Crippen molar-refractivity contribution in [3.05, 3.63) is 64.2 Å². The molecule has 2 aromatic rings. The lowest BCUT2D eigenvalue weighted by atomic mass is 9.87. The first-order valence-electron chi connectivity index (χ1n) is 8.73. The van der Waals surface area contributed by atoms with Crippen LogP contribution in [0.5, 0.6) is 5.75 Å². The first-order chi connectivity index (χ1) is 13.3. The number of aliphatic hydroxyl groups excluding tert-OH is 3. The van der Waals surface area contributed by atoms with E-state index in [0.717, 1.165) is 5.56 Å². The van der Waals surface area contributed by atoms with Crippen LogP contribution in [0, 0.1) is 0 Å². The molecule has 1 fully saturated rings. The van der Waals surface area contributed by atoms with E-state index in [2.05, 4.69) is 0 Å². The van der Waals surface area contributed by atoms with Crippen molar-refractivity contribution in [3.63, 3.8) is 0 Å². The van der Waals surface area contributed by atoms with Crippen LogP contribution in [0.4, 0.5) is 4.39 Å². The molecule has 0 saturated carbocycles. The third-order valence-electron chi connectivity index (χ3n) is 4.93. The van der Waals surface area contributed by atoms with Gasteiger partial charge < -0.3 is 29.9 Å². The fourth-order valence-corrected chi connectivity index (χ4v) is 3.45. The highest BCUT2D eigenvalue weighted by Crippen LogP contribution is 2.38. The molecule has 2 aromatic carbocycles. The smallest absolute Gasteiger partial charge is 0.222 e. The fourth-order valence-electron chi connectivity index (χ4n) is 3.26. The standard InChI is InChI=1S/C20H22ClFO6/c1-27-14-5-2-11(3-6-14)8-12-9-13(4-7-15(12)21)20(26)19(25)18(24)17(22)16(10-23)28-20/h2-7,9,16-19,23-26H,8,10H2,1H3/t16-,17+,18+,19-,20+/m1/s1. The number of benzene rings is 2. The van der Waals surface area contributed by atoms with Crippen LogP contribution in [0.1, 0.15) is 16.7 Å². The van der Waals surface area contributed by atoms with Gasteiger partial charge in [0.15, 0.2) is 6.17 Å². The predicted octanol–water partition coefficient (Wildman–Crippen LogP) is 1.54. The summed E-state index contributed by atoms with van der Waals surface area (Å²) >= 11 is 6.27. The summed E-state index contributed by atoms with van der Waals surface area (Å²) in [7, 11) is 1.57. The van der Waals surface area contributed by atoms with Gasteiger partial charge in [0.1, 0.15) is 24.1 Å². The van der Waals surface area contributed by atoms with Crippen molar-refractivity contribution in [2.24, 2.45) is 0 Å². The van der Waals surface area contributed by atoms with Crippen LogP contribution in [0.3, 0.4) is 0 Å². The average Bonchev–Trinajstić information content (AvgIpc) is 2.71. The van der Waals surface area contributed by atoms with Crippen LogP contribution < -0.4 is 4.74 Å². The zero-order valence-corrected chi connectivity index (χ0v) is 15.9. The topological polar surface area (TPSA) is 99.4 Å². The van der Waals surface area contributed by atoms with Crippen LogP contribution in [-0.4, -0.2) is 58.6 Å². The van der Waals surface area contributed by atoms with Gasteiger partial charge in [0.25, 0.3) is 0 Å². The first kappa shape index (κ1) is 21.0. The molecule has 0 spiro atoms. The monoisotopic (exact) mass is 412 g/mol. The Morgan fingerprint density at radius 3 is 2.46 bits per heavy atom. The van der Waals surface area contributed by atoms with E-state index in [1.54, 1.807) is 19.2 Å². The summed E-state index contributed by atoms with van der Waals surface area (Å²) in [4.78, 5) is 0. The van der Waals surface area contributed by atoms with Crippen molar-refractivity contribution in [1.29, 1.82) is 0 Å². The molecule has 152 valence electrons. The van der Waals surface area contributed by atoms with E-state index in [1.807, 2.05) is 12.1 Å². The minimum atomic E-state index is -2.39. The summed E-state index contributed by atoms with van der Waals surface area (Å²) < 4.78 is 24.4. The highest BCUT2D eigenvalue weighted by molar-refractivity contribution is 6.31. The number of halogens is 2. The highest BCUT2D eigenvalue weighted by atomic mass is 35.5. The van der Waals surface area contributed by atoms with Crippen LogP contribution in [0.15, 0.2) is 42.5 Å². The van der Waals surface area contributed by atoms with Crippen molar-refractivity contribution >= 4 is 11.6 Å². The lowest BCUT2D eigenvalue weighted by molar-refractivity contribution is -0.350. The zero-order chi connectivity index (χ0) is 20.5. The van der Waals surface area contributed by atoms with Gasteiger partial charge in [-0.1, -0.05) is 29.8 Å². The van der Waals surface area contributed by atoms with Gasteiger partial charge in [-0.3, -0.25) is 0 Å². The lowest BCUT2D eigenvalue weighted by Crippen LogP contribution is -2.62. The second-order valence-electron chi connectivity index (χ2n) is 6.75. The predicted molar refractivity (Wildman–Crippen MR) is 100 cm³/mol. The Bertz CT molecular complexity index is 815. The number of alkyl halides is 1. The molecule has 0 aliphatic carbocycles. The van der Waals surface area contributed by atoms with Crippen LogP contribution in [-0.2, 0) is 16.9 Å². The van der Waals surface area contributed by atoms with Crippen molar-refractivity contribution in [2.45, 2.75) is 36.7 Å². The molecular formula is C20H22ClFO6. The van der Waals surface area contributed by atoms with E-state index >= 15 is 0 Å². The maximum Gasteiger partial charge on any atom is 0.222 e. The molecule has 0 unspecified atom stereocenters. The molecule has 6 nitrogen and oxygen atoms in total. The second-order valence-corrected chi connectivity index (χ2v) is 7.15. The summed E-state index contributed by atoms with van der Waals surface area (Å²) in [5, 5.41) is 40.8. The third kappa shape index (κ3) is 3.87. The number of rotatable bonds is 5. The quantitative estimate of drug-likeness (QED) is 0.594. The van der Waals surface area contributed by atoms with Crippen molar-refractivity contribution in [1.82, 2.24) is 0 Å². The maximum atomic E-state index is 14.0. The van der Waals surface area contributed by atoms with Gasteiger partial charge >= 0.3 is 0 Å². The Labute approximate surface area is 166 Å². The molecule has 1 heterocycles. The SMILES string of the molecule is COc1ccc(Cc2cc([C@]3(O)O[C@H](CO)[C@H](F)[C@H](O)[C@H]3O)ccc2Cl)cc1. The molecule has 5 atom stereocenters. The van der Waals surface area contributed by atoms with Gasteiger partial charge in [0.2, 0.25) is 5.79 Å². The number of hydrogen-bond acceptors (Lipinski definition) is 6. The minimum Gasteiger partial charge on any atom is -0.497 e. The lowest BCUT2D eigenvalue weighted by Gasteiger charge is -2.44. The van der Waals surface area contributed by atoms with E-state index < -0.39 is 36.9 Å². The summed E-state index contributed by atoms with van der Waals surface area (Å²) in [6.45, 7) is -0.764. The van der Waals surface area contributed by atoms with Crippen molar-refractivity contribution in [3.8, 4) is 5.75 Å².